The second-order valence-corrected chi connectivity index (χ2v) is 20.6. The molecule has 0 rings (SSSR count). The van der Waals surface area contributed by atoms with Crippen molar-refractivity contribution in [1.29, 1.82) is 0 Å². The molecule has 0 bridgehead atoms. The summed E-state index contributed by atoms with van der Waals surface area (Å²) in [6.45, 7) is 6.63. The van der Waals surface area contributed by atoms with Gasteiger partial charge in [0.25, 0.3) is 0 Å². The Morgan fingerprint density at radius 3 is 0.829 bits per heavy atom. The summed E-state index contributed by atoms with van der Waals surface area (Å²) in [7, 11) is 0. The summed E-state index contributed by atoms with van der Waals surface area (Å²) in [5, 5.41) is 0. The lowest BCUT2D eigenvalue weighted by atomic mass is 10.0. The average Bonchev–Trinajstić information content (AvgIpc) is 3.36. The first-order valence-corrected chi connectivity index (χ1v) is 30.6. The van der Waals surface area contributed by atoms with Crippen molar-refractivity contribution in [3.8, 4) is 0 Å². The van der Waals surface area contributed by atoms with Crippen LogP contribution < -0.4 is 0 Å². The van der Waals surface area contributed by atoms with E-state index in [1.54, 1.807) is 0 Å². The van der Waals surface area contributed by atoms with Crippen LogP contribution in [0.2, 0.25) is 0 Å². The largest absolute Gasteiger partial charge is 0.462 e. The molecule has 0 aromatic carbocycles. The number of allylic oxidation sites excluding steroid dienone is 8. The maximum Gasteiger partial charge on any atom is 0.306 e. The van der Waals surface area contributed by atoms with E-state index in [0.717, 1.165) is 89.9 Å². The highest BCUT2D eigenvalue weighted by molar-refractivity contribution is 5.71. The quantitative estimate of drug-likeness (QED) is 0.0261. The minimum Gasteiger partial charge on any atom is -0.462 e. The van der Waals surface area contributed by atoms with Crippen molar-refractivity contribution in [2.24, 2.45) is 0 Å². The van der Waals surface area contributed by atoms with E-state index in [4.69, 9.17) is 14.2 Å². The number of carbonyl (C=O) groups is 3. The van der Waals surface area contributed by atoms with Crippen molar-refractivity contribution >= 4 is 17.9 Å². The number of ether oxygens (including phenoxy) is 3. The molecule has 0 aliphatic carbocycles. The molecule has 0 amide bonds. The van der Waals surface area contributed by atoms with E-state index in [1.165, 1.54) is 193 Å². The summed E-state index contributed by atoms with van der Waals surface area (Å²) < 4.78 is 16.9. The number of unbranched alkanes of at least 4 members (excludes halogenated alkanes) is 37. The molecule has 0 saturated heterocycles. The molecule has 1 unspecified atom stereocenters. The molecule has 0 spiro atoms. The van der Waals surface area contributed by atoms with Gasteiger partial charge >= 0.3 is 17.9 Å². The highest BCUT2D eigenvalue weighted by atomic mass is 16.6. The Kier molecular flexibility index (Phi) is 56.7. The van der Waals surface area contributed by atoms with Crippen LogP contribution in [0.3, 0.4) is 0 Å². The van der Waals surface area contributed by atoms with Gasteiger partial charge in [-0.2, -0.15) is 0 Å². The Bertz CT molecular complexity index is 1220. The van der Waals surface area contributed by atoms with Gasteiger partial charge in [0, 0.05) is 19.3 Å². The molecule has 0 saturated carbocycles. The van der Waals surface area contributed by atoms with E-state index >= 15 is 0 Å². The third kappa shape index (κ3) is 56.3. The maximum absolute atomic E-state index is 12.9. The summed E-state index contributed by atoms with van der Waals surface area (Å²) in [5.74, 6) is -0.882. The summed E-state index contributed by atoms with van der Waals surface area (Å²) in [5.41, 5.74) is 0. The van der Waals surface area contributed by atoms with E-state index < -0.39 is 6.10 Å². The Labute approximate surface area is 435 Å². The first kappa shape index (κ1) is 67.4. The van der Waals surface area contributed by atoms with Gasteiger partial charge in [0.1, 0.15) is 13.2 Å². The predicted molar refractivity (Wildman–Crippen MR) is 302 cm³/mol. The zero-order chi connectivity index (χ0) is 50.7. The minimum atomic E-state index is -0.782. The highest BCUT2D eigenvalue weighted by Gasteiger charge is 2.19. The van der Waals surface area contributed by atoms with Gasteiger partial charge in [-0.15, -0.1) is 0 Å². The smallest absolute Gasteiger partial charge is 0.306 e. The van der Waals surface area contributed by atoms with Crippen LogP contribution in [0.4, 0.5) is 0 Å². The van der Waals surface area contributed by atoms with Crippen LogP contribution in [0.1, 0.15) is 323 Å². The van der Waals surface area contributed by atoms with Crippen LogP contribution in [-0.2, 0) is 28.6 Å². The Hall–Kier alpha value is -2.63. The Balaban J connectivity index is 4.37. The normalized spacial score (nSPS) is 12.3. The second-order valence-electron chi connectivity index (χ2n) is 20.6. The van der Waals surface area contributed by atoms with Crippen molar-refractivity contribution in [3.05, 3.63) is 48.6 Å². The lowest BCUT2D eigenvalue weighted by Crippen LogP contribution is -2.30. The molecule has 0 aliphatic heterocycles. The monoisotopic (exact) mass is 981 g/mol. The molecule has 408 valence electrons. The van der Waals surface area contributed by atoms with Gasteiger partial charge in [-0.1, -0.05) is 268 Å². The van der Waals surface area contributed by atoms with Crippen LogP contribution in [-0.4, -0.2) is 37.2 Å². The Morgan fingerprint density at radius 1 is 0.286 bits per heavy atom. The average molecular weight is 982 g/mol. The molecule has 0 radical (unpaired) electrons. The van der Waals surface area contributed by atoms with E-state index in [2.05, 4.69) is 69.4 Å². The van der Waals surface area contributed by atoms with Gasteiger partial charge < -0.3 is 14.2 Å². The summed E-state index contributed by atoms with van der Waals surface area (Å²) in [6, 6.07) is 0. The molecule has 0 aromatic rings. The molecule has 6 heteroatoms. The standard InChI is InChI=1S/C64H116O6/c1-4-7-10-13-16-19-22-25-28-31-32-34-36-39-42-45-48-51-54-57-63(66)69-60-61(59-68-62(65)56-53-50-47-44-41-38-35-30-27-24-21-18-15-12-9-6-3)70-64(67)58-55-52-49-46-43-40-37-33-29-26-23-20-17-14-11-8-5-2/h17,20-21,24,26,29-30,35,61H,4-16,18-19,22-23,25,27-28,31-34,36-60H2,1-3H3/b20-17-,24-21-,29-26-,35-30-. The van der Waals surface area contributed by atoms with Crippen molar-refractivity contribution < 1.29 is 28.6 Å². The van der Waals surface area contributed by atoms with Crippen LogP contribution in [0.5, 0.6) is 0 Å². The van der Waals surface area contributed by atoms with Gasteiger partial charge in [-0.3, -0.25) is 14.4 Å². The third-order valence-electron chi connectivity index (χ3n) is 13.6. The number of rotatable bonds is 56. The number of hydrogen-bond acceptors (Lipinski definition) is 6. The molecule has 70 heavy (non-hydrogen) atoms. The zero-order valence-electron chi connectivity index (χ0n) is 46.8. The number of esters is 3. The van der Waals surface area contributed by atoms with E-state index in [-0.39, 0.29) is 31.1 Å². The first-order chi connectivity index (χ1) is 34.5. The molecule has 0 fully saturated rings. The van der Waals surface area contributed by atoms with Gasteiger partial charge in [0.05, 0.1) is 0 Å². The topological polar surface area (TPSA) is 78.9 Å². The molecule has 0 heterocycles. The van der Waals surface area contributed by atoms with Crippen molar-refractivity contribution in [2.75, 3.05) is 13.2 Å². The fourth-order valence-electron chi connectivity index (χ4n) is 8.92. The lowest BCUT2D eigenvalue weighted by Gasteiger charge is -2.18. The fraction of sp³-hybridized carbons (Fsp3) is 0.828. The van der Waals surface area contributed by atoms with Gasteiger partial charge in [0.15, 0.2) is 6.10 Å². The van der Waals surface area contributed by atoms with Crippen LogP contribution >= 0.6 is 0 Å². The van der Waals surface area contributed by atoms with Gasteiger partial charge in [0.2, 0.25) is 0 Å². The first-order valence-electron chi connectivity index (χ1n) is 30.6. The molecule has 0 N–H and O–H groups in total. The highest BCUT2D eigenvalue weighted by Crippen LogP contribution is 2.17. The molecule has 0 aliphatic rings. The summed E-state index contributed by atoms with van der Waals surface area (Å²) in [4.78, 5) is 38.2. The van der Waals surface area contributed by atoms with E-state index in [9.17, 15) is 14.4 Å². The SMILES string of the molecule is CCCCC/C=C\C/C=C\CCCCCCCCCC(=O)OC(COC(=O)CCCCCCC/C=C\C/C=C\CCCCCC)COC(=O)CCCCCCCCCCCCCCCCCCCCC. The Morgan fingerprint density at radius 2 is 0.514 bits per heavy atom. The molecular weight excluding hydrogens is 865 g/mol. The molecule has 0 aromatic heterocycles. The van der Waals surface area contributed by atoms with Crippen LogP contribution in [0, 0.1) is 0 Å². The van der Waals surface area contributed by atoms with Gasteiger partial charge in [-0.25, -0.2) is 0 Å². The van der Waals surface area contributed by atoms with Crippen LogP contribution in [0.15, 0.2) is 48.6 Å². The van der Waals surface area contributed by atoms with Crippen molar-refractivity contribution in [3.63, 3.8) is 0 Å². The maximum atomic E-state index is 12.9. The fourth-order valence-corrected chi connectivity index (χ4v) is 8.92. The third-order valence-corrected chi connectivity index (χ3v) is 13.6. The van der Waals surface area contributed by atoms with Gasteiger partial charge in [-0.05, 0) is 83.5 Å². The number of carbonyl (C=O) groups excluding carboxylic acids is 3. The van der Waals surface area contributed by atoms with Crippen molar-refractivity contribution in [1.82, 2.24) is 0 Å². The molecule has 1 atom stereocenters. The lowest BCUT2D eigenvalue weighted by molar-refractivity contribution is -0.167. The van der Waals surface area contributed by atoms with E-state index in [0.29, 0.717) is 19.3 Å². The summed E-state index contributed by atoms with van der Waals surface area (Å²) in [6.07, 6.45) is 72.4. The number of hydrogen-bond donors (Lipinski definition) is 0. The van der Waals surface area contributed by atoms with Crippen LogP contribution in [0.25, 0.3) is 0 Å². The predicted octanol–water partition coefficient (Wildman–Crippen LogP) is 20.6. The minimum absolute atomic E-state index is 0.0777. The van der Waals surface area contributed by atoms with E-state index in [1.807, 2.05) is 0 Å². The molecular formula is C64H116O6. The molecule has 6 nitrogen and oxygen atoms in total. The van der Waals surface area contributed by atoms with Crippen molar-refractivity contribution in [2.45, 2.75) is 329 Å². The zero-order valence-corrected chi connectivity index (χ0v) is 46.8. The summed E-state index contributed by atoms with van der Waals surface area (Å²) >= 11 is 0. The second kappa shape index (κ2) is 58.9.